The molecule has 1 amide bonds. The zero-order chi connectivity index (χ0) is 18.6. The van der Waals surface area contributed by atoms with Crippen molar-refractivity contribution in [3.8, 4) is 0 Å². The van der Waals surface area contributed by atoms with E-state index in [9.17, 15) is 9.18 Å². The number of rotatable bonds is 4. The van der Waals surface area contributed by atoms with Gasteiger partial charge < -0.3 is 14.5 Å². The molecule has 2 aromatic rings. The van der Waals surface area contributed by atoms with Gasteiger partial charge in [0.25, 0.3) is 0 Å². The molecule has 2 aliphatic heterocycles. The maximum atomic E-state index is 13.0. The maximum absolute atomic E-state index is 13.0. The number of aromatic nitrogens is 2. The van der Waals surface area contributed by atoms with Crippen molar-refractivity contribution < 1.29 is 13.9 Å². The zero-order valence-electron chi connectivity index (χ0n) is 15.1. The Morgan fingerprint density at radius 3 is 2.56 bits per heavy atom. The number of benzene rings is 1. The maximum Gasteiger partial charge on any atom is 0.225 e. The summed E-state index contributed by atoms with van der Waals surface area (Å²) in [5, 5.41) is 0.907. The quantitative estimate of drug-likeness (QED) is 0.802. The van der Waals surface area contributed by atoms with Gasteiger partial charge in [-0.1, -0.05) is 12.1 Å². The van der Waals surface area contributed by atoms with Crippen molar-refractivity contribution in [2.75, 3.05) is 44.3 Å². The molecule has 2 saturated heterocycles. The summed E-state index contributed by atoms with van der Waals surface area (Å²) in [7, 11) is 0. The summed E-state index contributed by atoms with van der Waals surface area (Å²) >= 11 is 1.40. The van der Waals surface area contributed by atoms with E-state index in [2.05, 4.69) is 14.3 Å². The van der Waals surface area contributed by atoms with Gasteiger partial charge in [0.2, 0.25) is 11.0 Å². The van der Waals surface area contributed by atoms with Gasteiger partial charge in [0.15, 0.2) is 0 Å². The number of amides is 1. The molecule has 2 fully saturated rings. The highest BCUT2D eigenvalue weighted by Crippen LogP contribution is 2.26. The van der Waals surface area contributed by atoms with E-state index in [0.29, 0.717) is 32.7 Å². The molecule has 0 unspecified atom stereocenters. The van der Waals surface area contributed by atoms with Gasteiger partial charge in [-0.15, -0.1) is 0 Å². The van der Waals surface area contributed by atoms with Crippen LogP contribution in [0.1, 0.15) is 24.2 Å². The summed E-state index contributed by atoms with van der Waals surface area (Å²) in [5.41, 5.74) is 0.996. The smallest absolute Gasteiger partial charge is 0.225 e. The molecule has 0 saturated carbocycles. The number of carbonyl (C=O) groups excluding carboxylic acids is 1. The number of morpholine rings is 1. The molecule has 8 heteroatoms. The fourth-order valence-corrected chi connectivity index (χ4v) is 4.33. The molecule has 0 atom stereocenters. The summed E-state index contributed by atoms with van der Waals surface area (Å²) in [6, 6.07) is 6.44. The summed E-state index contributed by atoms with van der Waals surface area (Å²) in [5.74, 6) is 0.895. The Kier molecular flexibility index (Phi) is 5.63. The van der Waals surface area contributed by atoms with Gasteiger partial charge in [-0.25, -0.2) is 9.37 Å². The topological polar surface area (TPSA) is 58.6 Å². The molecular formula is C19H23FN4O2S. The zero-order valence-corrected chi connectivity index (χ0v) is 16.0. The van der Waals surface area contributed by atoms with Crippen LogP contribution in [-0.2, 0) is 16.0 Å². The minimum atomic E-state index is -0.236. The SMILES string of the molecule is O=C(C1CCN(c2nc(Cc3ccc(F)cc3)ns2)CC1)N1CCOCC1. The molecule has 0 radical (unpaired) electrons. The molecule has 1 aromatic heterocycles. The molecule has 3 heterocycles. The number of halogens is 1. The molecule has 0 N–H and O–H groups in total. The third-order valence-corrected chi connectivity index (χ3v) is 5.99. The van der Waals surface area contributed by atoms with Crippen LogP contribution in [0, 0.1) is 11.7 Å². The van der Waals surface area contributed by atoms with Crippen LogP contribution >= 0.6 is 11.5 Å². The van der Waals surface area contributed by atoms with E-state index in [-0.39, 0.29) is 17.6 Å². The van der Waals surface area contributed by atoms with Crippen LogP contribution in [0.2, 0.25) is 0 Å². The van der Waals surface area contributed by atoms with Gasteiger partial charge in [-0.3, -0.25) is 4.79 Å². The third-order valence-electron chi connectivity index (χ3n) is 5.17. The van der Waals surface area contributed by atoms with Crippen LogP contribution < -0.4 is 4.90 Å². The summed E-state index contributed by atoms with van der Waals surface area (Å²) in [6.07, 6.45) is 2.30. The molecule has 0 bridgehead atoms. The molecule has 2 aliphatic rings. The lowest BCUT2D eigenvalue weighted by atomic mass is 9.95. The number of hydrogen-bond acceptors (Lipinski definition) is 6. The molecule has 27 heavy (non-hydrogen) atoms. The minimum absolute atomic E-state index is 0.103. The van der Waals surface area contributed by atoms with E-state index in [1.165, 1.54) is 23.7 Å². The predicted molar refractivity (Wildman–Crippen MR) is 101 cm³/mol. The number of hydrogen-bond donors (Lipinski definition) is 0. The van der Waals surface area contributed by atoms with Crippen molar-refractivity contribution in [2.24, 2.45) is 5.92 Å². The lowest BCUT2D eigenvalue weighted by molar-refractivity contribution is -0.140. The summed E-state index contributed by atoms with van der Waals surface area (Å²) in [6.45, 7) is 4.36. The predicted octanol–water partition coefficient (Wildman–Crippen LogP) is 2.34. The highest BCUT2D eigenvalue weighted by Gasteiger charge is 2.30. The molecule has 0 aliphatic carbocycles. The monoisotopic (exact) mass is 390 g/mol. The molecule has 144 valence electrons. The van der Waals surface area contributed by atoms with Crippen LogP contribution in [0.15, 0.2) is 24.3 Å². The van der Waals surface area contributed by atoms with Gasteiger partial charge >= 0.3 is 0 Å². The van der Waals surface area contributed by atoms with Crippen LogP contribution in [-0.4, -0.2) is 59.6 Å². The normalized spacial score (nSPS) is 18.7. The highest BCUT2D eigenvalue weighted by atomic mass is 32.1. The average Bonchev–Trinajstić information content (AvgIpc) is 3.18. The van der Waals surface area contributed by atoms with Gasteiger partial charge in [-0.2, -0.15) is 4.37 Å². The first-order valence-corrected chi connectivity index (χ1v) is 10.1. The largest absolute Gasteiger partial charge is 0.378 e. The van der Waals surface area contributed by atoms with Crippen molar-refractivity contribution in [1.29, 1.82) is 0 Å². The van der Waals surface area contributed by atoms with E-state index in [0.717, 1.165) is 42.5 Å². The van der Waals surface area contributed by atoms with E-state index >= 15 is 0 Å². The first-order valence-electron chi connectivity index (χ1n) is 9.37. The highest BCUT2D eigenvalue weighted by molar-refractivity contribution is 7.09. The average molecular weight is 390 g/mol. The molecular weight excluding hydrogens is 367 g/mol. The lowest BCUT2D eigenvalue weighted by Crippen LogP contribution is -2.46. The Balaban J connectivity index is 1.31. The van der Waals surface area contributed by atoms with Crippen molar-refractivity contribution in [3.63, 3.8) is 0 Å². The fraction of sp³-hybridized carbons (Fsp3) is 0.526. The second-order valence-corrected chi connectivity index (χ2v) is 7.73. The van der Waals surface area contributed by atoms with Crippen LogP contribution in [0.25, 0.3) is 0 Å². The number of ether oxygens (including phenoxy) is 1. The van der Waals surface area contributed by atoms with Crippen LogP contribution in [0.5, 0.6) is 0 Å². The number of nitrogens with zero attached hydrogens (tertiary/aromatic N) is 4. The van der Waals surface area contributed by atoms with Crippen molar-refractivity contribution in [1.82, 2.24) is 14.3 Å². The first kappa shape index (κ1) is 18.3. The Hall–Kier alpha value is -2.06. The van der Waals surface area contributed by atoms with Crippen molar-refractivity contribution in [2.45, 2.75) is 19.3 Å². The van der Waals surface area contributed by atoms with Gasteiger partial charge in [0.05, 0.1) is 13.2 Å². The van der Waals surface area contributed by atoms with Crippen LogP contribution in [0.3, 0.4) is 0 Å². The minimum Gasteiger partial charge on any atom is -0.378 e. The number of anilines is 1. The second kappa shape index (κ2) is 8.31. The van der Waals surface area contributed by atoms with E-state index in [1.54, 1.807) is 12.1 Å². The van der Waals surface area contributed by atoms with E-state index in [1.807, 2.05) is 4.90 Å². The van der Waals surface area contributed by atoms with Gasteiger partial charge in [0.1, 0.15) is 11.6 Å². The Bertz CT molecular complexity index is 768. The molecule has 4 rings (SSSR count). The molecule has 0 spiro atoms. The second-order valence-electron chi connectivity index (χ2n) is 7.00. The fourth-order valence-electron chi connectivity index (χ4n) is 3.59. The van der Waals surface area contributed by atoms with Crippen molar-refractivity contribution >= 4 is 22.6 Å². The Morgan fingerprint density at radius 2 is 1.85 bits per heavy atom. The van der Waals surface area contributed by atoms with Gasteiger partial charge in [-0.05, 0) is 30.5 Å². The summed E-state index contributed by atoms with van der Waals surface area (Å²) < 4.78 is 22.8. The molecule has 1 aromatic carbocycles. The van der Waals surface area contributed by atoms with Crippen molar-refractivity contribution in [3.05, 3.63) is 41.5 Å². The van der Waals surface area contributed by atoms with E-state index in [4.69, 9.17) is 4.74 Å². The lowest BCUT2D eigenvalue weighted by Gasteiger charge is -2.35. The third kappa shape index (κ3) is 4.44. The molecule has 6 nitrogen and oxygen atoms in total. The van der Waals surface area contributed by atoms with Gasteiger partial charge in [0, 0.05) is 50.1 Å². The Labute approximate surface area is 162 Å². The summed E-state index contributed by atoms with van der Waals surface area (Å²) in [4.78, 5) is 21.4. The first-order chi connectivity index (χ1) is 13.2. The number of carbonyl (C=O) groups is 1. The standard InChI is InChI=1S/C19H23FN4O2S/c20-16-3-1-14(2-4-16)13-17-21-19(27-22-17)24-7-5-15(6-8-24)18(25)23-9-11-26-12-10-23/h1-4,15H,5-13H2. The van der Waals surface area contributed by atoms with E-state index < -0.39 is 0 Å². The number of piperidine rings is 1. The van der Waals surface area contributed by atoms with Crippen LogP contribution in [0.4, 0.5) is 9.52 Å². The Morgan fingerprint density at radius 1 is 1.15 bits per heavy atom.